The molecule has 1 unspecified atom stereocenters. The Morgan fingerprint density at radius 1 is 1.00 bits per heavy atom. The van der Waals surface area contributed by atoms with E-state index in [4.69, 9.17) is 14.2 Å². The van der Waals surface area contributed by atoms with Crippen molar-refractivity contribution in [3.05, 3.63) is 29.6 Å². The van der Waals surface area contributed by atoms with Gasteiger partial charge >= 0.3 is 17.9 Å². The zero-order valence-electron chi connectivity index (χ0n) is 15.6. The fraction of sp³-hybridized carbons (Fsp3) is 0.526. The Balaban J connectivity index is 2.51. The summed E-state index contributed by atoms with van der Waals surface area (Å²) in [6, 6.07) is 5.13. The predicted octanol–water partition coefficient (Wildman–Crippen LogP) is 1.04. The van der Waals surface area contributed by atoms with E-state index in [9.17, 15) is 19.2 Å². The first-order chi connectivity index (χ1) is 12.9. The number of fused-ring (bicyclic) bond motifs is 2. The Morgan fingerprint density at radius 2 is 1.63 bits per heavy atom. The van der Waals surface area contributed by atoms with E-state index < -0.39 is 29.2 Å². The molecule has 0 spiro atoms. The van der Waals surface area contributed by atoms with Gasteiger partial charge in [0, 0.05) is 37.1 Å². The molecule has 0 saturated heterocycles. The van der Waals surface area contributed by atoms with E-state index >= 15 is 0 Å². The van der Waals surface area contributed by atoms with Gasteiger partial charge in [0.05, 0.1) is 27.2 Å². The number of methoxy groups -OCH3 is 3. The van der Waals surface area contributed by atoms with Crippen LogP contribution < -0.4 is 0 Å². The first-order valence-corrected chi connectivity index (χ1v) is 8.57. The predicted molar refractivity (Wildman–Crippen MR) is 92.5 cm³/mol. The van der Waals surface area contributed by atoms with Gasteiger partial charge in [-0.25, -0.2) is 0 Å². The largest absolute Gasteiger partial charge is 0.469 e. The first-order valence-electron chi connectivity index (χ1n) is 8.57. The van der Waals surface area contributed by atoms with Crippen LogP contribution in [0.5, 0.6) is 0 Å². The fourth-order valence-electron chi connectivity index (χ4n) is 3.35. The van der Waals surface area contributed by atoms with Gasteiger partial charge in [-0.15, -0.1) is 0 Å². The van der Waals surface area contributed by atoms with Crippen LogP contribution in [0.25, 0.3) is 0 Å². The van der Waals surface area contributed by atoms with Gasteiger partial charge in [-0.05, 0) is 18.6 Å². The zero-order chi connectivity index (χ0) is 20.0. The molecule has 1 atom stereocenters. The van der Waals surface area contributed by atoms with Crippen molar-refractivity contribution in [2.24, 2.45) is 11.3 Å². The van der Waals surface area contributed by atoms with Crippen LogP contribution in [0.2, 0.25) is 0 Å². The monoisotopic (exact) mass is 377 g/mol. The molecule has 1 aromatic heterocycles. The maximum absolute atomic E-state index is 12.5. The number of ether oxygens (including phenoxy) is 3. The van der Waals surface area contributed by atoms with Crippen LogP contribution in [0.15, 0.2) is 18.2 Å². The van der Waals surface area contributed by atoms with Crippen molar-refractivity contribution in [1.29, 1.82) is 0 Å². The molecule has 2 rings (SSSR count). The van der Waals surface area contributed by atoms with Crippen molar-refractivity contribution in [2.75, 3.05) is 21.3 Å². The lowest BCUT2D eigenvalue weighted by Crippen LogP contribution is -2.43. The topological polar surface area (TPSA) is 109 Å². The molecule has 1 aliphatic heterocycles. The first kappa shape index (κ1) is 20.5. The standard InChI is InChI=1S/C19H23NO7/c1-25-16(22)12-9-13-5-4-6-14(20-13)11-19(17(23)26-2,18(24)27-3)8-7-15(21)10-12/h4-6,12H,7-11H2,1-3H3. The van der Waals surface area contributed by atoms with Gasteiger partial charge in [0.2, 0.25) is 0 Å². The summed E-state index contributed by atoms with van der Waals surface area (Å²) in [6.07, 6.45) is -0.0538. The Labute approximate surface area is 157 Å². The molecule has 8 nitrogen and oxygen atoms in total. The molecule has 0 aromatic carbocycles. The summed E-state index contributed by atoms with van der Waals surface area (Å²) in [7, 11) is 3.62. The SMILES string of the molecule is COC(=O)C1CC(=O)CCC(C(=O)OC)(C(=O)OC)Cc2cccc(n2)C1. The van der Waals surface area contributed by atoms with Gasteiger partial charge in [-0.3, -0.25) is 24.2 Å². The maximum Gasteiger partial charge on any atom is 0.323 e. The van der Waals surface area contributed by atoms with Crippen molar-refractivity contribution in [2.45, 2.75) is 32.1 Å². The molecular formula is C19H23NO7. The van der Waals surface area contributed by atoms with Crippen molar-refractivity contribution in [1.82, 2.24) is 4.98 Å². The van der Waals surface area contributed by atoms with Crippen molar-refractivity contribution in [3.8, 4) is 0 Å². The second kappa shape index (κ2) is 8.75. The zero-order valence-corrected chi connectivity index (χ0v) is 15.6. The molecule has 0 fully saturated rings. The minimum Gasteiger partial charge on any atom is -0.469 e. The second-order valence-corrected chi connectivity index (χ2v) is 6.53. The van der Waals surface area contributed by atoms with Gasteiger partial charge in [0.1, 0.15) is 5.78 Å². The maximum atomic E-state index is 12.5. The molecule has 0 N–H and O–H groups in total. The van der Waals surface area contributed by atoms with Crippen molar-refractivity contribution < 1.29 is 33.4 Å². The normalized spacial score (nSPS) is 19.4. The molecule has 0 radical (unpaired) electrons. The molecule has 8 heteroatoms. The summed E-state index contributed by atoms with van der Waals surface area (Å²) >= 11 is 0. The molecule has 1 aliphatic rings. The quantitative estimate of drug-likeness (QED) is 0.437. The van der Waals surface area contributed by atoms with Crippen molar-refractivity contribution >= 4 is 23.7 Å². The van der Waals surface area contributed by atoms with E-state index in [1.807, 2.05) is 0 Å². The number of carbonyl (C=O) groups is 4. The number of Topliss-reactive ketones (excluding diaryl/α,β-unsaturated/α-hetero) is 1. The van der Waals surface area contributed by atoms with Crippen molar-refractivity contribution in [3.63, 3.8) is 0 Å². The van der Waals surface area contributed by atoms with Crippen LogP contribution in [-0.4, -0.2) is 50.0 Å². The highest BCUT2D eigenvalue weighted by Gasteiger charge is 2.49. The number of rotatable bonds is 3. The number of pyridine rings is 1. The third kappa shape index (κ3) is 4.50. The average Bonchev–Trinajstić information content (AvgIpc) is 2.70. The van der Waals surface area contributed by atoms with Crippen LogP contribution in [0.1, 0.15) is 30.7 Å². The van der Waals surface area contributed by atoms with E-state index in [0.717, 1.165) is 0 Å². The highest BCUT2D eigenvalue weighted by atomic mass is 16.5. The molecule has 2 bridgehead atoms. The molecule has 0 saturated carbocycles. The third-order valence-electron chi connectivity index (χ3n) is 4.79. The van der Waals surface area contributed by atoms with Gasteiger partial charge in [-0.2, -0.15) is 0 Å². The van der Waals surface area contributed by atoms with Gasteiger partial charge in [0.25, 0.3) is 0 Å². The molecule has 146 valence electrons. The number of esters is 3. The summed E-state index contributed by atoms with van der Waals surface area (Å²) < 4.78 is 14.5. The molecule has 0 amide bonds. The minimum atomic E-state index is -1.67. The summed E-state index contributed by atoms with van der Waals surface area (Å²) in [5.41, 5.74) is -0.627. The number of carbonyl (C=O) groups excluding carboxylic acids is 4. The summed E-state index contributed by atoms with van der Waals surface area (Å²) in [6.45, 7) is 0. The number of hydrogen-bond donors (Lipinski definition) is 0. The average molecular weight is 377 g/mol. The van der Waals surface area contributed by atoms with Crippen LogP contribution >= 0.6 is 0 Å². The minimum absolute atomic E-state index is 0.0585. The summed E-state index contributed by atoms with van der Waals surface area (Å²) in [5, 5.41) is 0. The van der Waals surface area contributed by atoms with E-state index in [2.05, 4.69) is 4.98 Å². The Morgan fingerprint density at radius 3 is 2.22 bits per heavy atom. The van der Waals surface area contributed by atoms with E-state index in [1.54, 1.807) is 18.2 Å². The van der Waals surface area contributed by atoms with Gasteiger partial charge in [-0.1, -0.05) is 6.07 Å². The Kier molecular flexibility index (Phi) is 6.65. The Bertz CT molecular complexity index is 727. The number of ketones is 1. The van der Waals surface area contributed by atoms with Gasteiger partial charge < -0.3 is 14.2 Å². The lowest BCUT2D eigenvalue weighted by Gasteiger charge is -2.27. The fourth-order valence-corrected chi connectivity index (χ4v) is 3.35. The van der Waals surface area contributed by atoms with E-state index in [0.29, 0.717) is 11.4 Å². The van der Waals surface area contributed by atoms with Crippen LogP contribution in [-0.2, 0) is 46.2 Å². The van der Waals surface area contributed by atoms with Crippen LogP contribution in [0, 0.1) is 11.3 Å². The number of aromatic nitrogens is 1. The Hall–Kier alpha value is -2.77. The number of nitrogens with zero attached hydrogens (tertiary/aromatic N) is 1. The highest BCUT2D eigenvalue weighted by Crippen LogP contribution is 2.33. The summed E-state index contributed by atoms with van der Waals surface area (Å²) in [4.78, 5) is 54.0. The van der Waals surface area contributed by atoms with E-state index in [1.165, 1.54) is 21.3 Å². The molecule has 2 heterocycles. The van der Waals surface area contributed by atoms with Gasteiger partial charge in [0.15, 0.2) is 5.41 Å². The lowest BCUT2D eigenvalue weighted by molar-refractivity contribution is -0.170. The molecular weight excluding hydrogens is 354 g/mol. The highest BCUT2D eigenvalue weighted by molar-refractivity contribution is 6.01. The molecule has 1 aromatic rings. The second-order valence-electron chi connectivity index (χ2n) is 6.53. The van der Waals surface area contributed by atoms with E-state index in [-0.39, 0.29) is 37.9 Å². The smallest absolute Gasteiger partial charge is 0.323 e. The summed E-state index contributed by atoms with van der Waals surface area (Å²) in [5.74, 6) is -2.98. The number of hydrogen-bond acceptors (Lipinski definition) is 8. The molecule has 0 aliphatic carbocycles. The lowest BCUT2D eigenvalue weighted by atomic mass is 9.77. The van der Waals surface area contributed by atoms with Crippen LogP contribution in [0.4, 0.5) is 0 Å². The molecule has 27 heavy (non-hydrogen) atoms. The third-order valence-corrected chi connectivity index (χ3v) is 4.79. The van der Waals surface area contributed by atoms with Crippen LogP contribution in [0.3, 0.4) is 0 Å².